The van der Waals surface area contributed by atoms with Gasteiger partial charge in [-0.1, -0.05) is 18.2 Å². The second-order valence-electron chi connectivity index (χ2n) is 2.16. The van der Waals surface area contributed by atoms with Crippen LogP contribution in [-0.2, 0) is 0 Å². The third kappa shape index (κ3) is 2.96. The van der Waals surface area contributed by atoms with Crippen molar-refractivity contribution in [2.24, 2.45) is 10.1 Å². The van der Waals surface area contributed by atoms with Gasteiger partial charge in [0.1, 0.15) is 0 Å². The first-order chi connectivity index (χ1) is 5.93. The smallest absolute Gasteiger partial charge is 0.0650 e. The van der Waals surface area contributed by atoms with E-state index in [4.69, 9.17) is 0 Å². The van der Waals surface area contributed by atoms with Gasteiger partial charge in [0.25, 0.3) is 0 Å². The molecule has 62 valence electrons. The Balaban J connectivity index is 2.43. The van der Waals surface area contributed by atoms with Gasteiger partial charge < -0.3 is 0 Å². The third-order valence-corrected chi connectivity index (χ3v) is 1.26. The molecule has 0 radical (unpaired) electrons. The van der Waals surface area contributed by atoms with Gasteiger partial charge in [0.05, 0.1) is 11.9 Å². The van der Waals surface area contributed by atoms with Crippen LogP contribution in [0.25, 0.3) is 0 Å². The summed E-state index contributed by atoms with van der Waals surface area (Å²) >= 11 is 0. The van der Waals surface area contributed by atoms with E-state index in [-0.39, 0.29) is 0 Å². The molecule has 1 aromatic rings. The van der Waals surface area contributed by atoms with Crippen molar-refractivity contribution in [1.82, 2.24) is 0 Å². The minimum Gasteiger partial charge on any atom is -0.295 e. The van der Waals surface area contributed by atoms with E-state index in [1.807, 2.05) is 30.3 Å². The first-order valence-corrected chi connectivity index (χ1v) is 3.68. The largest absolute Gasteiger partial charge is 0.295 e. The second-order valence-corrected chi connectivity index (χ2v) is 2.16. The van der Waals surface area contributed by atoms with Crippen LogP contribution in [0, 0.1) is 0 Å². The van der Waals surface area contributed by atoms with E-state index in [0.717, 1.165) is 5.69 Å². The number of anilines is 1. The lowest BCUT2D eigenvalue weighted by atomic mass is 10.3. The van der Waals surface area contributed by atoms with Crippen molar-refractivity contribution < 1.29 is 0 Å². The molecule has 0 atom stereocenters. The number of nitrogens with zero attached hydrogens (tertiary/aromatic N) is 2. The summed E-state index contributed by atoms with van der Waals surface area (Å²) in [5.74, 6) is 0. The molecule has 0 aliphatic carbocycles. The summed E-state index contributed by atoms with van der Waals surface area (Å²) < 4.78 is 0. The highest BCUT2D eigenvalue weighted by Crippen LogP contribution is 2.03. The molecule has 0 amide bonds. The van der Waals surface area contributed by atoms with Crippen LogP contribution in [0.15, 0.2) is 40.4 Å². The Morgan fingerprint density at radius 3 is 2.58 bits per heavy atom. The highest BCUT2D eigenvalue weighted by molar-refractivity contribution is 6.16. The Morgan fingerprint density at radius 2 is 1.92 bits per heavy atom. The lowest BCUT2D eigenvalue weighted by molar-refractivity contribution is 1.36. The first-order valence-electron chi connectivity index (χ1n) is 3.68. The maximum absolute atomic E-state index is 3.91. The van der Waals surface area contributed by atoms with Gasteiger partial charge in [-0.15, -0.1) is 0 Å². The predicted octanol–water partition coefficient (Wildman–Crippen LogP) is 1.78. The number of hydrogen-bond donors (Lipinski definition) is 1. The number of rotatable bonds is 3. The molecule has 3 heteroatoms. The Kier molecular flexibility index (Phi) is 3.57. The van der Waals surface area contributed by atoms with E-state index in [1.54, 1.807) is 19.5 Å². The third-order valence-electron chi connectivity index (χ3n) is 1.26. The zero-order chi connectivity index (χ0) is 8.65. The molecule has 1 rings (SSSR count). The molecular weight excluding hydrogens is 150 g/mol. The average molecular weight is 161 g/mol. The molecule has 0 fully saturated rings. The van der Waals surface area contributed by atoms with E-state index in [1.165, 1.54) is 0 Å². The molecule has 3 nitrogen and oxygen atoms in total. The zero-order valence-corrected chi connectivity index (χ0v) is 6.94. The fourth-order valence-corrected chi connectivity index (χ4v) is 0.724. The van der Waals surface area contributed by atoms with E-state index in [2.05, 4.69) is 15.5 Å². The van der Waals surface area contributed by atoms with Gasteiger partial charge in [0.15, 0.2) is 0 Å². The fourth-order valence-electron chi connectivity index (χ4n) is 0.724. The van der Waals surface area contributed by atoms with Gasteiger partial charge in [0, 0.05) is 13.3 Å². The quantitative estimate of drug-likeness (QED) is 0.532. The van der Waals surface area contributed by atoms with Crippen molar-refractivity contribution in [3.63, 3.8) is 0 Å². The van der Waals surface area contributed by atoms with Crippen molar-refractivity contribution in [3.8, 4) is 0 Å². The van der Waals surface area contributed by atoms with E-state index < -0.39 is 0 Å². The van der Waals surface area contributed by atoms with Gasteiger partial charge >= 0.3 is 0 Å². The molecular formula is C9H11N3. The first kappa shape index (κ1) is 8.46. The minimum absolute atomic E-state index is 0.971. The number of hydrogen-bond acceptors (Lipinski definition) is 3. The second kappa shape index (κ2) is 5.07. The average Bonchev–Trinajstić information content (AvgIpc) is 2.14. The standard InChI is InChI=1S/C9H11N3/c1-10-7-8-11-12-9-5-3-2-4-6-9/h2-8,12H,1H3. The Bertz CT molecular complexity index is 264. The van der Waals surface area contributed by atoms with Crippen molar-refractivity contribution in [2.45, 2.75) is 0 Å². The van der Waals surface area contributed by atoms with Crippen LogP contribution in [-0.4, -0.2) is 19.5 Å². The molecule has 0 spiro atoms. The molecule has 1 N–H and O–H groups in total. The van der Waals surface area contributed by atoms with Gasteiger partial charge in [-0.3, -0.25) is 10.4 Å². The zero-order valence-electron chi connectivity index (χ0n) is 6.94. The number of aliphatic imine (C=N–C) groups is 1. The predicted molar refractivity (Wildman–Crippen MR) is 53.0 cm³/mol. The van der Waals surface area contributed by atoms with Gasteiger partial charge in [-0.25, -0.2) is 0 Å². The van der Waals surface area contributed by atoms with E-state index in [9.17, 15) is 0 Å². The highest BCUT2D eigenvalue weighted by Gasteiger charge is 1.81. The summed E-state index contributed by atoms with van der Waals surface area (Å²) in [5, 5.41) is 3.91. The van der Waals surface area contributed by atoms with Crippen LogP contribution < -0.4 is 5.43 Å². The van der Waals surface area contributed by atoms with Gasteiger partial charge in [-0.05, 0) is 12.1 Å². The molecule has 1 aromatic carbocycles. The number of hydrazone groups is 1. The van der Waals surface area contributed by atoms with Crippen LogP contribution >= 0.6 is 0 Å². The van der Waals surface area contributed by atoms with Crippen LogP contribution in [0.2, 0.25) is 0 Å². The Labute approximate surface area is 71.8 Å². The minimum atomic E-state index is 0.971. The maximum Gasteiger partial charge on any atom is 0.0650 e. The Hall–Kier alpha value is -1.64. The van der Waals surface area contributed by atoms with Crippen molar-refractivity contribution in [1.29, 1.82) is 0 Å². The lowest BCUT2D eigenvalue weighted by Crippen LogP contribution is -1.88. The molecule has 0 bridgehead atoms. The maximum atomic E-state index is 3.91. The summed E-state index contributed by atoms with van der Waals surface area (Å²) in [6.07, 6.45) is 3.23. The molecule has 0 heterocycles. The monoisotopic (exact) mass is 161 g/mol. The molecule has 0 saturated carbocycles. The van der Waals surface area contributed by atoms with Crippen molar-refractivity contribution in [2.75, 3.05) is 12.5 Å². The number of benzene rings is 1. The Morgan fingerprint density at radius 1 is 1.17 bits per heavy atom. The number of para-hydroxylation sites is 1. The normalized spacial score (nSPS) is 11.1. The molecule has 0 unspecified atom stereocenters. The van der Waals surface area contributed by atoms with E-state index in [0.29, 0.717) is 0 Å². The van der Waals surface area contributed by atoms with Crippen molar-refractivity contribution in [3.05, 3.63) is 30.3 Å². The van der Waals surface area contributed by atoms with E-state index >= 15 is 0 Å². The van der Waals surface area contributed by atoms with Crippen LogP contribution in [0.3, 0.4) is 0 Å². The topological polar surface area (TPSA) is 36.8 Å². The molecule has 0 aliphatic rings. The lowest BCUT2D eigenvalue weighted by Gasteiger charge is -1.95. The summed E-state index contributed by atoms with van der Waals surface area (Å²) in [7, 11) is 1.70. The van der Waals surface area contributed by atoms with Gasteiger partial charge in [0.2, 0.25) is 0 Å². The summed E-state index contributed by atoms with van der Waals surface area (Å²) in [4.78, 5) is 3.75. The van der Waals surface area contributed by atoms with Gasteiger partial charge in [-0.2, -0.15) is 5.10 Å². The molecule has 12 heavy (non-hydrogen) atoms. The summed E-state index contributed by atoms with van der Waals surface area (Å²) in [5.41, 5.74) is 3.83. The van der Waals surface area contributed by atoms with Crippen LogP contribution in [0.4, 0.5) is 5.69 Å². The molecule has 0 aliphatic heterocycles. The fraction of sp³-hybridized carbons (Fsp3) is 0.111. The summed E-state index contributed by atoms with van der Waals surface area (Å²) in [6, 6.07) is 9.75. The summed E-state index contributed by atoms with van der Waals surface area (Å²) in [6.45, 7) is 0. The SMILES string of the molecule is CN=CC=NNc1ccccc1. The van der Waals surface area contributed by atoms with Crippen LogP contribution in [0.5, 0.6) is 0 Å². The van der Waals surface area contributed by atoms with Crippen molar-refractivity contribution >= 4 is 18.1 Å². The van der Waals surface area contributed by atoms with Crippen LogP contribution in [0.1, 0.15) is 0 Å². The molecule has 0 saturated heterocycles. The highest BCUT2D eigenvalue weighted by atomic mass is 15.3. The molecule has 0 aromatic heterocycles. The number of nitrogens with one attached hydrogen (secondary N) is 1.